The summed E-state index contributed by atoms with van der Waals surface area (Å²) in [6.07, 6.45) is 0. The van der Waals surface area contributed by atoms with E-state index in [1.807, 2.05) is 18.2 Å². The number of thiophene rings is 1. The molecule has 0 fully saturated rings. The number of nitrogens with zero attached hydrogens (tertiary/aromatic N) is 1. The maximum absolute atomic E-state index is 5.95. The SMILES string of the molecule is CCN(Cc1ccc(N)cc1)Cc1ccc(Cl)s1. The summed E-state index contributed by atoms with van der Waals surface area (Å²) in [6, 6.07) is 12.1. The van der Waals surface area contributed by atoms with Gasteiger partial charge in [0.25, 0.3) is 0 Å². The van der Waals surface area contributed by atoms with Gasteiger partial charge in [-0.15, -0.1) is 11.3 Å². The number of rotatable bonds is 5. The van der Waals surface area contributed by atoms with Crippen LogP contribution in [0, 0.1) is 0 Å². The van der Waals surface area contributed by atoms with Crippen LogP contribution >= 0.6 is 22.9 Å². The highest BCUT2D eigenvalue weighted by Crippen LogP contribution is 2.23. The van der Waals surface area contributed by atoms with E-state index < -0.39 is 0 Å². The molecular weight excluding hydrogens is 264 g/mol. The lowest BCUT2D eigenvalue weighted by Crippen LogP contribution is -2.21. The summed E-state index contributed by atoms with van der Waals surface area (Å²) in [7, 11) is 0. The molecule has 1 aromatic heterocycles. The van der Waals surface area contributed by atoms with E-state index in [0.29, 0.717) is 0 Å². The highest BCUT2D eigenvalue weighted by Gasteiger charge is 2.06. The summed E-state index contributed by atoms with van der Waals surface area (Å²) >= 11 is 7.60. The van der Waals surface area contributed by atoms with E-state index in [9.17, 15) is 0 Å². The Kier molecular flexibility index (Phi) is 4.64. The zero-order chi connectivity index (χ0) is 13.0. The lowest BCUT2D eigenvalue weighted by Gasteiger charge is -2.19. The number of nitrogen functional groups attached to an aromatic ring is 1. The largest absolute Gasteiger partial charge is 0.399 e. The summed E-state index contributed by atoms with van der Waals surface area (Å²) in [5.41, 5.74) is 7.79. The molecule has 18 heavy (non-hydrogen) atoms. The summed E-state index contributed by atoms with van der Waals surface area (Å²) in [5.74, 6) is 0. The fraction of sp³-hybridized carbons (Fsp3) is 0.286. The zero-order valence-corrected chi connectivity index (χ0v) is 12.0. The van der Waals surface area contributed by atoms with E-state index in [0.717, 1.165) is 29.7 Å². The second-order valence-corrected chi connectivity index (χ2v) is 6.05. The van der Waals surface area contributed by atoms with Gasteiger partial charge in [0.15, 0.2) is 0 Å². The molecule has 1 aromatic carbocycles. The molecule has 0 aliphatic rings. The normalized spacial score (nSPS) is 11.1. The Balaban J connectivity index is 1.99. The van der Waals surface area contributed by atoms with Crippen LogP contribution in [-0.2, 0) is 13.1 Å². The first-order valence-electron chi connectivity index (χ1n) is 5.98. The van der Waals surface area contributed by atoms with Crippen molar-refractivity contribution in [3.05, 3.63) is 51.2 Å². The third kappa shape index (κ3) is 3.73. The quantitative estimate of drug-likeness (QED) is 0.839. The lowest BCUT2D eigenvalue weighted by molar-refractivity contribution is 0.274. The molecule has 0 aliphatic heterocycles. The third-order valence-electron chi connectivity index (χ3n) is 2.84. The topological polar surface area (TPSA) is 29.3 Å². The van der Waals surface area contributed by atoms with Crippen molar-refractivity contribution < 1.29 is 0 Å². The molecule has 0 spiro atoms. The highest BCUT2D eigenvalue weighted by atomic mass is 35.5. The first-order chi connectivity index (χ1) is 8.67. The number of hydrogen-bond acceptors (Lipinski definition) is 3. The molecule has 0 bridgehead atoms. The van der Waals surface area contributed by atoms with Crippen molar-refractivity contribution in [3.63, 3.8) is 0 Å². The maximum atomic E-state index is 5.95. The predicted molar refractivity (Wildman–Crippen MR) is 80.0 cm³/mol. The number of nitrogens with two attached hydrogens (primary N) is 1. The first-order valence-corrected chi connectivity index (χ1v) is 7.18. The molecule has 2 rings (SSSR count). The van der Waals surface area contributed by atoms with Crippen LogP contribution in [0.25, 0.3) is 0 Å². The molecular formula is C14H17ClN2S. The van der Waals surface area contributed by atoms with E-state index in [2.05, 4.69) is 30.0 Å². The fourth-order valence-corrected chi connectivity index (χ4v) is 2.95. The third-order valence-corrected chi connectivity index (χ3v) is 4.06. The van der Waals surface area contributed by atoms with Gasteiger partial charge < -0.3 is 5.73 Å². The predicted octanol–water partition coefficient (Wildman–Crippen LogP) is 4.01. The van der Waals surface area contributed by atoms with Crippen LogP contribution in [-0.4, -0.2) is 11.4 Å². The van der Waals surface area contributed by atoms with E-state index >= 15 is 0 Å². The second kappa shape index (κ2) is 6.23. The van der Waals surface area contributed by atoms with Gasteiger partial charge in [-0.05, 0) is 36.4 Å². The monoisotopic (exact) mass is 280 g/mol. The summed E-state index contributed by atoms with van der Waals surface area (Å²) in [6.45, 7) is 5.07. The van der Waals surface area contributed by atoms with Gasteiger partial charge in [0.1, 0.15) is 0 Å². The summed E-state index contributed by atoms with van der Waals surface area (Å²) < 4.78 is 0.855. The van der Waals surface area contributed by atoms with Gasteiger partial charge in [-0.25, -0.2) is 0 Å². The molecule has 0 unspecified atom stereocenters. The second-order valence-electron chi connectivity index (χ2n) is 4.25. The number of anilines is 1. The Morgan fingerprint density at radius 1 is 1.11 bits per heavy atom. The Hall–Kier alpha value is -1.03. The fourth-order valence-electron chi connectivity index (χ4n) is 1.82. The zero-order valence-electron chi connectivity index (χ0n) is 10.4. The average Bonchev–Trinajstić information content (AvgIpc) is 2.77. The van der Waals surface area contributed by atoms with Crippen molar-refractivity contribution in [1.29, 1.82) is 0 Å². The summed E-state index contributed by atoms with van der Waals surface area (Å²) in [5, 5.41) is 0. The smallest absolute Gasteiger partial charge is 0.0931 e. The van der Waals surface area contributed by atoms with Gasteiger partial charge in [-0.1, -0.05) is 30.7 Å². The molecule has 0 saturated carbocycles. The van der Waals surface area contributed by atoms with Crippen molar-refractivity contribution in [2.24, 2.45) is 0 Å². The average molecular weight is 281 g/mol. The molecule has 0 radical (unpaired) electrons. The Morgan fingerprint density at radius 2 is 1.83 bits per heavy atom. The van der Waals surface area contributed by atoms with E-state index in [4.69, 9.17) is 17.3 Å². The number of benzene rings is 1. The number of halogens is 1. The standard InChI is InChI=1S/C14H17ClN2S/c1-2-17(10-13-7-8-14(15)18-13)9-11-3-5-12(16)6-4-11/h3-8H,2,9-10,16H2,1H3. The van der Waals surface area contributed by atoms with Crippen molar-refractivity contribution in [2.45, 2.75) is 20.0 Å². The first kappa shape index (κ1) is 13.4. The Labute approximate surface area is 117 Å². The molecule has 2 aromatic rings. The molecule has 0 saturated heterocycles. The molecule has 2 nitrogen and oxygen atoms in total. The van der Waals surface area contributed by atoms with Crippen LogP contribution in [0.1, 0.15) is 17.4 Å². The molecule has 96 valence electrons. The minimum atomic E-state index is 0.812. The molecule has 2 N–H and O–H groups in total. The number of hydrogen-bond donors (Lipinski definition) is 1. The van der Waals surface area contributed by atoms with E-state index in [1.165, 1.54) is 10.4 Å². The molecule has 1 heterocycles. The van der Waals surface area contributed by atoms with Gasteiger partial charge in [0.05, 0.1) is 4.34 Å². The van der Waals surface area contributed by atoms with Crippen LogP contribution in [0.4, 0.5) is 5.69 Å². The molecule has 0 atom stereocenters. The maximum Gasteiger partial charge on any atom is 0.0931 e. The van der Waals surface area contributed by atoms with Gasteiger partial charge >= 0.3 is 0 Å². The van der Waals surface area contributed by atoms with Crippen LogP contribution < -0.4 is 5.73 Å². The van der Waals surface area contributed by atoms with Gasteiger partial charge in [-0.3, -0.25) is 4.90 Å². The van der Waals surface area contributed by atoms with Crippen molar-refractivity contribution in [3.8, 4) is 0 Å². The molecule has 4 heteroatoms. The molecule has 0 aliphatic carbocycles. The van der Waals surface area contributed by atoms with E-state index in [1.54, 1.807) is 11.3 Å². The minimum absolute atomic E-state index is 0.812. The van der Waals surface area contributed by atoms with Crippen molar-refractivity contribution >= 4 is 28.6 Å². The van der Waals surface area contributed by atoms with Gasteiger partial charge in [0.2, 0.25) is 0 Å². The van der Waals surface area contributed by atoms with Crippen LogP contribution in [0.5, 0.6) is 0 Å². The summed E-state index contributed by atoms with van der Waals surface area (Å²) in [4.78, 5) is 3.69. The van der Waals surface area contributed by atoms with E-state index in [-0.39, 0.29) is 0 Å². The van der Waals surface area contributed by atoms with Crippen LogP contribution in [0.2, 0.25) is 4.34 Å². The van der Waals surface area contributed by atoms with Crippen LogP contribution in [0.15, 0.2) is 36.4 Å². The highest BCUT2D eigenvalue weighted by molar-refractivity contribution is 7.16. The van der Waals surface area contributed by atoms with Crippen molar-refractivity contribution in [1.82, 2.24) is 4.90 Å². The van der Waals surface area contributed by atoms with Crippen molar-refractivity contribution in [2.75, 3.05) is 12.3 Å². The van der Waals surface area contributed by atoms with Gasteiger partial charge in [0, 0.05) is 23.7 Å². The van der Waals surface area contributed by atoms with Gasteiger partial charge in [-0.2, -0.15) is 0 Å². The Morgan fingerprint density at radius 3 is 2.39 bits per heavy atom. The van der Waals surface area contributed by atoms with Crippen LogP contribution in [0.3, 0.4) is 0 Å². The Bertz CT molecular complexity index is 493. The minimum Gasteiger partial charge on any atom is -0.399 e. The lowest BCUT2D eigenvalue weighted by atomic mass is 10.2. The molecule has 0 amide bonds.